The summed E-state index contributed by atoms with van der Waals surface area (Å²) in [6, 6.07) is 5.70. The zero-order valence-electron chi connectivity index (χ0n) is 11.2. The molecule has 4 heteroatoms. The highest BCUT2D eigenvalue weighted by Crippen LogP contribution is 2.11. The van der Waals surface area contributed by atoms with Crippen LogP contribution in [0, 0.1) is 13.8 Å². The predicted molar refractivity (Wildman–Crippen MR) is 74.6 cm³/mol. The summed E-state index contributed by atoms with van der Waals surface area (Å²) >= 11 is 0. The molecule has 0 saturated carbocycles. The van der Waals surface area contributed by atoms with Crippen LogP contribution in [0.2, 0.25) is 0 Å². The van der Waals surface area contributed by atoms with Crippen LogP contribution in [0.4, 0.5) is 0 Å². The summed E-state index contributed by atoms with van der Waals surface area (Å²) in [5, 5.41) is 0. The molecule has 1 aromatic carbocycles. The molecule has 0 spiro atoms. The number of ether oxygens (including phenoxy) is 1. The number of hydrogen-bond donors (Lipinski definition) is 0. The van der Waals surface area contributed by atoms with E-state index < -0.39 is 10.8 Å². The molecule has 0 radical (unpaired) electrons. The lowest BCUT2D eigenvalue weighted by Crippen LogP contribution is -2.15. The first-order chi connectivity index (χ1) is 8.54. The third-order valence-electron chi connectivity index (χ3n) is 2.69. The van der Waals surface area contributed by atoms with E-state index in [2.05, 4.69) is 0 Å². The van der Waals surface area contributed by atoms with Crippen LogP contribution in [0.1, 0.15) is 27.9 Å². The van der Waals surface area contributed by atoms with Gasteiger partial charge in [-0.25, -0.2) is 0 Å². The Labute approximate surface area is 111 Å². The van der Waals surface area contributed by atoms with Crippen LogP contribution in [0.15, 0.2) is 18.2 Å². The molecule has 0 aliphatic carbocycles. The van der Waals surface area contributed by atoms with E-state index in [-0.39, 0.29) is 11.5 Å². The van der Waals surface area contributed by atoms with Crippen molar-refractivity contribution in [1.29, 1.82) is 0 Å². The number of Topliss-reactive ketones (excluding diaryl/α,β-unsaturated/α-hetero) is 1. The minimum atomic E-state index is -1.10. The monoisotopic (exact) mass is 268 g/mol. The molecule has 0 amide bonds. The second-order valence-electron chi connectivity index (χ2n) is 4.38. The molecular weight excluding hydrogens is 248 g/mol. The molecule has 0 aromatic heterocycles. The van der Waals surface area contributed by atoms with Crippen LogP contribution < -0.4 is 0 Å². The molecule has 1 rings (SSSR count). The quantitative estimate of drug-likeness (QED) is 0.563. The summed E-state index contributed by atoms with van der Waals surface area (Å²) in [7, 11) is 0.520. The number of methoxy groups -OCH3 is 1. The summed E-state index contributed by atoms with van der Waals surface area (Å²) in [6.07, 6.45) is 0.725. The number of rotatable bonds is 7. The SMILES string of the molecule is COCCCS(=O)CC(=O)c1ccc(C)cc1C. The molecule has 0 N–H and O–H groups in total. The highest BCUT2D eigenvalue weighted by atomic mass is 32.2. The van der Waals surface area contributed by atoms with E-state index in [1.165, 1.54) is 0 Å². The fourth-order valence-electron chi connectivity index (χ4n) is 1.79. The third kappa shape index (κ3) is 4.70. The number of ketones is 1. The second-order valence-corrected chi connectivity index (χ2v) is 5.95. The number of hydrogen-bond acceptors (Lipinski definition) is 3. The van der Waals surface area contributed by atoms with E-state index in [1.807, 2.05) is 32.0 Å². The van der Waals surface area contributed by atoms with Gasteiger partial charge in [-0.05, 0) is 25.8 Å². The zero-order valence-corrected chi connectivity index (χ0v) is 12.0. The van der Waals surface area contributed by atoms with Crippen LogP contribution in [-0.4, -0.2) is 35.2 Å². The van der Waals surface area contributed by atoms with E-state index in [4.69, 9.17) is 4.74 Å². The Hall–Kier alpha value is -1.00. The minimum Gasteiger partial charge on any atom is -0.385 e. The Balaban J connectivity index is 2.57. The van der Waals surface area contributed by atoms with E-state index in [0.29, 0.717) is 17.9 Å². The molecule has 100 valence electrons. The summed E-state index contributed by atoms with van der Waals surface area (Å²) in [4.78, 5) is 12.0. The molecule has 0 saturated heterocycles. The van der Waals surface area contributed by atoms with Gasteiger partial charge in [0.1, 0.15) is 0 Å². The van der Waals surface area contributed by atoms with Crippen LogP contribution in [0.3, 0.4) is 0 Å². The number of aryl methyl sites for hydroxylation is 2. The maximum Gasteiger partial charge on any atom is 0.175 e. The average molecular weight is 268 g/mol. The maximum absolute atomic E-state index is 12.0. The molecule has 0 fully saturated rings. The Morgan fingerprint density at radius 3 is 2.67 bits per heavy atom. The Kier molecular flexibility index (Phi) is 6.22. The average Bonchev–Trinajstić information content (AvgIpc) is 2.28. The Morgan fingerprint density at radius 1 is 1.33 bits per heavy atom. The summed E-state index contributed by atoms with van der Waals surface area (Å²) in [5.74, 6) is 0.584. The van der Waals surface area contributed by atoms with Crippen molar-refractivity contribution in [1.82, 2.24) is 0 Å². The number of carbonyl (C=O) groups is 1. The maximum atomic E-state index is 12.0. The third-order valence-corrected chi connectivity index (χ3v) is 4.02. The van der Waals surface area contributed by atoms with Gasteiger partial charge in [-0.15, -0.1) is 0 Å². The van der Waals surface area contributed by atoms with E-state index >= 15 is 0 Å². The first-order valence-electron chi connectivity index (χ1n) is 5.99. The summed E-state index contributed by atoms with van der Waals surface area (Å²) in [5.41, 5.74) is 2.76. The molecule has 1 aromatic rings. The summed E-state index contributed by atoms with van der Waals surface area (Å²) in [6.45, 7) is 4.49. The predicted octanol–water partition coefficient (Wildman–Crippen LogP) is 2.27. The van der Waals surface area contributed by atoms with Crippen molar-refractivity contribution in [2.45, 2.75) is 20.3 Å². The van der Waals surface area contributed by atoms with Crippen molar-refractivity contribution in [2.75, 3.05) is 25.2 Å². The molecule has 1 unspecified atom stereocenters. The lowest BCUT2D eigenvalue weighted by Gasteiger charge is -2.06. The highest BCUT2D eigenvalue weighted by Gasteiger charge is 2.12. The molecule has 0 heterocycles. The van der Waals surface area contributed by atoms with Gasteiger partial charge in [0.05, 0.1) is 5.75 Å². The van der Waals surface area contributed by atoms with Gasteiger partial charge in [-0.1, -0.05) is 23.8 Å². The van der Waals surface area contributed by atoms with E-state index in [1.54, 1.807) is 7.11 Å². The van der Waals surface area contributed by atoms with Gasteiger partial charge in [0, 0.05) is 35.8 Å². The lowest BCUT2D eigenvalue weighted by molar-refractivity contribution is 0.102. The molecular formula is C14H20O3S. The van der Waals surface area contributed by atoms with Gasteiger partial charge in [-0.2, -0.15) is 0 Å². The van der Waals surface area contributed by atoms with E-state index in [0.717, 1.165) is 17.5 Å². The van der Waals surface area contributed by atoms with Crippen molar-refractivity contribution in [2.24, 2.45) is 0 Å². The van der Waals surface area contributed by atoms with Gasteiger partial charge >= 0.3 is 0 Å². The molecule has 0 aliphatic heterocycles. The minimum absolute atomic E-state index is 0.0387. The first-order valence-corrected chi connectivity index (χ1v) is 7.47. The molecule has 3 nitrogen and oxygen atoms in total. The topological polar surface area (TPSA) is 43.4 Å². The van der Waals surface area contributed by atoms with E-state index in [9.17, 15) is 9.00 Å². The smallest absolute Gasteiger partial charge is 0.175 e. The summed E-state index contributed by atoms with van der Waals surface area (Å²) < 4.78 is 16.6. The number of benzene rings is 1. The molecule has 0 bridgehead atoms. The van der Waals surface area contributed by atoms with Gasteiger partial charge in [0.2, 0.25) is 0 Å². The van der Waals surface area contributed by atoms with Crippen molar-refractivity contribution in [3.63, 3.8) is 0 Å². The lowest BCUT2D eigenvalue weighted by atomic mass is 10.0. The Bertz CT molecular complexity index is 441. The normalized spacial score (nSPS) is 12.4. The van der Waals surface area contributed by atoms with Crippen LogP contribution in [0.5, 0.6) is 0 Å². The molecule has 0 aliphatic rings. The standard InChI is InChI=1S/C14H20O3S/c1-11-5-6-13(12(2)9-11)14(15)10-18(16)8-4-7-17-3/h5-6,9H,4,7-8,10H2,1-3H3. The molecule has 1 atom stereocenters. The fraction of sp³-hybridized carbons (Fsp3) is 0.500. The second kappa shape index (κ2) is 7.44. The first kappa shape index (κ1) is 15.1. The Morgan fingerprint density at radius 2 is 2.06 bits per heavy atom. The van der Waals surface area contributed by atoms with Crippen molar-refractivity contribution in [3.8, 4) is 0 Å². The van der Waals surface area contributed by atoms with Crippen molar-refractivity contribution < 1.29 is 13.7 Å². The zero-order chi connectivity index (χ0) is 13.5. The van der Waals surface area contributed by atoms with Crippen LogP contribution >= 0.6 is 0 Å². The van der Waals surface area contributed by atoms with Crippen molar-refractivity contribution >= 4 is 16.6 Å². The molecule has 18 heavy (non-hydrogen) atoms. The van der Waals surface area contributed by atoms with Gasteiger partial charge in [-0.3, -0.25) is 9.00 Å². The fourth-order valence-corrected chi connectivity index (χ4v) is 2.82. The van der Waals surface area contributed by atoms with Crippen molar-refractivity contribution in [3.05, 3.63) is 34.9 Å². The van der Waals surface area contributed by atoms with Gasteiger partial charge in [0.25, 0.3) is 0 Å². The van der Waals surface area contributed by atoms with Crippen LogP contribution in [0.25, 0.3) is 0 Å². The largest absolute Gasteiger partial charge is 0.385 e. The highest BCUT2D eigenvalue weighted by molar-refractivity contribution is 7.85. The van der Waals surface area contributed by atoms with Crippen LogP contribution in [-0.2, 0) is 15.5 Å². The van der Waals surface area contributed by atoms with Gasteiger partial charge < -0.3 is 4.74 Å². The van der Waals surface area contributed by atoms with Gasteiger partial charge in [0.15, 0.2) is 5.78 Å². The number of carbonyl (C=O) groups excluding carboxylic acids is 1.